The third kappa shape index (κ3) is 2.96. The Morgan fingerprint density at radius 1 is 1.31 bits per heavy atom. The molecule has 0 spiro atoms. The molecular weight excluding hydrogens is 292 g/mol. The van der Waals surface area contributed by atoms with Gasteiger partial charge in [-0.05, 0) is 18.2 Å². The largest absolute Gasteiger partial charge is 0.369 e. The Morgan fingerprint density at radius 3 is 2.88 bits per heavy atom. The van der Waals surface area contributed by atoms with E-state index in [2.05, 4.69) is 25.6 Å². The standard InChI is InChI=1S/C10H13BrN2O2S/c11-9-2-1-3-10(8-9)13-5-4-12-16(14,15)7-6-13/h1-3,8,12H,4-7H2. The van der Waals surface area contributed by atoms with Gasteiger partial charge in [0.1, 0.15) is 0 Å². The number of hydrogen-bond donors (Lipinski definition) is 1. The number of sulfonamides is 1. The van der Waals surface area contributed by atoms with Gasteiger partial charge in [0.15, 0.2) is 0 Å². The Labute approximate surface area is 104 Å². The van der Waals surface area contributed by atoms with E-state index in [9.17, 15) is 8.42 Å². The van der Waals surface area contributed by atoms with Crippen LogP contribution in [0.15, 0.2) is 28.7 Å². The fourth-order valence-electron chi connectivity index (χ4n) is 1.68. The lowest BCUT2D eigenvalue weighted by Gasteiger charge is -2.21. The van der Waals surface area contributed by atoms with E-state index in [0.29, 0.717) is 19.6 Å². The highest BCUT2D eigenvalue weighted by atomic mass is 79.9. The van der Waals surface area contributed by atoms with Crippen molar-refractivity contribution in [2.45, 2.75) is 0 Å². The number of rotatable bonds is 1. The molecule has 0 aliphatic carbocycles. The van der Waals surface area contributed by atoms with E-state index < -0.39 is 10.0 Å². The molecule has 0 amide bonds. The number of hydrogen-bond acceptors (Lipinski definition) is 3. The minimum atomic E-state index is -3.07. The summed E-state index contributed by atoms with van der Waals surface area (Å²) in [5.74, 6) is 0.152. The molecule has 1 fully saturated rings. The molecule has 6 heteroatoms. The summed E-state index contributed by atoms with van der Waals surface area (Å²) in [7, 11) is -3.07. The quantitative estimate of drug-likeness (QED) is 0.848. The molecule has 1 aromatic carbocycles. The van der Waals surface area contributed by atoms with Gasteiger partial charge in [-0.25, -0.2) is 13.1 Å². The van der Waals surface area contributed by atoms with Crippen LogP contribution >= 0.6 is 15.9 Å². The van der Waals surface area contributed by atoms with Crippen LogP contribution in [0.3, 0.4) is 0 Å². The molecule has 0 aromatic heterocycles. The monoisotopic (exact) mass is 304 g/mol. The Hall–Kier alpha value is -0.590. The van der Waals surface area contributed by atoms with E-state index in [4.69, 9.17) is 0 Å². The Kier molecular flexibility index (Phi) is 3.51. The van der Waals surface area contributed by atoms with Crippen LogP contribution in [0, 0.1) is 0 Å². The van der Waals surface area contributed by atoms with Gasteiger partial charge < -0.3 is 4.90 Å². The summed E-state index contributed by atoms with van der Waals surface area (Å²) < 4.78 is 26.3. The number of nitrogens with one attached hydrogen (secondary N) is 1. The van der Waals surface area contributed by atoms with Crippen molar-refractivity contribution in [3.05, 3.63) is 28.7 Å². The topological polar surface area (TPSA) is 49.4 Å². The summed E-state index contributed by atoms with van der Waals surface area (Å²) >= 11 is 3.41. The highest BCUT2D eigenvalue weighted by Gasteiger charge is 2.18. The van der Waals surface area contributed by atoms with E-state index in [1.807, 2.05) is 24.3 Å². The predicted molar refractivity (Wildman–Crippen MR) is 68.1 cm³/mol. The predicted octanol–water partition coefficient (Wildman–Crippen LogP) is 1.19. The van der Waals surface area contributed by atoms with Gasteiger partial charge in [-0.3, -0.25) is 0 Å². The summed E-state index contributed by atoms with van der Waals surface area (Å²) in [4.78, 5) is 2.07. The van der Waals surface area contributed by atoms with Crippen LogP contribution in [0.2, 0.25) is 0 Å². The Bertz CT molecular complexity index is 475. The van der Waals surface area contributed by atoms with Crippen molar-refractivity contribution in [1.82, 2.24) is 4.72 Å². The molecule has 88 valence electrons. The zero-order valence-electron chi connectivity index (χ0n) is 8.69. The van der Waals surface area contributed by atoms with Gasteiger partial charge in [0.25, 0.3) is 0 Å². The number of halogens is 1. The zero-order valence-corrected chi connectivity index (χ0v) is 11.1. The number of nitrogens with zero attached hydrogens (tertiary/aromatic N) is 1. The van der Waals surface area contributed by atoms with E-state index >= 15 is 0 Å². The summed E-state index contributed by atoms with van der Waals surface area (Å²) in [5.41, 5.74) is 1.05. The lowest BCUT2D eigenvalue weighted by atomic mass is 10.3. The number of benzene rings is 1. The zero-order chi connectivity index (χ0) is 11.6. The van der Waals surface area contributed by atoms with Crippen LogP contribution in [-0.2, 0) is 10.0 Å². The Morgan fingerprint density at radius 2 is 2.12 bits per heavy atom. The molecule has 1 aliphatic heterocycles. The summed E-state index contributed by atoms with van der Waals surface area (Å²) in [6.45, 7) is 1.70. The summed E-state index contributed by atoms with van der Waals surface area (Å²) in [6, 6.07) is 7.89. The minimum Gasteiger partial charge on any atom is -0.369 e. The first kappa shape index (κ1) is 11.9. The van der Waals surface area contributed by atoms with Crippen molar-refractivity contribution in [2.24, 2.45) is 0 Å². The van der Waals surface area contributed by atoms with Crippen LogP contribution in [0.1, 0.15) is 0 Å². The highest BCUT2D eigenvalue weighted by Crippen LogP contribution is 2.20. The van der Waals surface area contributed by atoms with Gasteiger partial charge >= 0.3 is 0 Å². The lowest BCUT2D eigenvalue weighted by Crippen LogP contribution is -2.28. The molecule has 1 saturated heterocycles. The average molecular weight is 305 g/mol. The smallest absolute Gasteiger partial charge is 0.213 e. The van der Waals surface area contributed by atoms with Gasteiger partial charge in [0.2, 0.25) is 10.0 Å². The van der Waals surface area contributed by atoms with E-state index in [1.54, 1.807) is 0 Å². The minimum absolute atomic E-state index is 0.152. The molecule has 0 saturated carbocycles. The first-order chi connectivity index (χ1) is 7.57. The maximum atomic E-state index is 11.4. The summed E-state index contributed by atoms with van der Waals surface area (Å²) in [5, 5.41) is 0. The normalized spacial score (nSPS) is 20.4. The second kappa shape index (κ2) is 4.73. The van der Waals surface area contributed by atoms with Crippen molar-refractivity contribution < 1.29 is 8.42 Å². The molecule has 0 atom stereocenters. The van der Waals surface area contributed by atoms with Crippen LogP contribution < -0.4 is 9.62 Å². The van der Waals surface area contributed by atoms with Crippen LogP contribution in [0.4, 0.5) is 5.69 Å². The first-order valence-corrected chi connectivity index (χ1v) is 7.49. The van der Waals surface area contributed by atoms with Crippen molar-refractivity contribution in [1.29, 1.82) is 0 Å². The molecule has 1 heterocycles. The molecular formula is C10H13BrN2O2S. The maximum Gasteiger partial charge on any atom is 0.213 e. The molecule has 4 nitrogen and oxygen atoms in total. The van der Waals surface area contributed by atoms with E-state index in [1.165, 1.54) is 0 Å². The lowest BCUT2D eigenvalue weighted by molar-refractivity contribution is 0.586. The SMILES string of the molecule is O=S1(=O)CCN(c2cccc(Br)c2)CCN1. The second-order valence-corrected chi connectivity index (χ2v) is 6.52. The second-order valence-electron chi connectivity index (χ2n) is 3.68. The van der Waals surface area contributed by atoms with E-state index in [0.717, 1.165) is 10.2 Å². The van der Waals surface area contributed by atoms with Gasteiger partial charge in [0.05, 0.1) is 5.75 Å². The van der Waals surface area contributed by atoms with Crippen molar-refractivity contribution in [3.63, 3.8) is 0 Å². The fourth-order valence-corrected chi connectivity index (χ4v) is 3.08. The van der Waals surface area contributed by atoms with Gasteiger partial charge in [-0.15, -0.1) is 0 Å². The molecule has 2 rings (SSSR count). The average Bonchev–Trinajstić information content (AvgIpc) is 2.39. The maximum absolute atomic E-state index is 11.4. The van der Waals surface area contributed by atoms with Crippen LogP contribution in [0.25, 0.3) is 0 Å². The number of anilines is 1. The van der Waals surface area contributed by atoms with Gasteiger partial charge in [-0.2, -0.15) is 0 Å². The van der Waals surface area contributed by atoms with Crippen molar-refractivity contribution in [2.75, 3.05) is 30.3 Å². The fraction of sp³-hybridized carbons (Fsp3) is 0.400. The molecule has 0 bridgehead atoms. The van der Waals surface area contributed by atoms with Crippen molar-refractivity contribution >= 4 is 31.6 Å². The molecule has 16 heavy (non-hydrogen) atoms. The molecule has 0 radical (unpaired) electrons. The summed E-state index contributed by atoms with van der Waals surface area (Å²) in [6.07, 6.45) is 0. The van der Waals surface area contributed by atoms with Crippen LogP contribution in [-0.4, -0.2) is 33.8 Å². The Balaban J connectivity index is 2.17. The third-order valence-corrected chi connectivity index (χ3v) is 4.36. The first-order valence-electron chi connectivity index (χ1n) is 5.05. The molecule has 1 N–H and O–H groups in total. The highest BCUT2D eigenvalue weighted by molar-refractivity contribution is 9.10. The van der Waals surface area contributed by atoms with Crippen molar-refractivity contribution in [3.8, 4) is 0 Å². The van der Waals surface area contributed by atoms with Gasteiger partial charge in [0, 0.05) is 29.8 Å². The molecule has 1 aliphatic rings. The van der Waals surface area contributed by atoms with Crippen LogP contribution in [0.5, 0.6) is 0 Å². The molecule has 0 unspecified atom stereocenters. The molecule has 1 aromatic rings. The van der Waals surface area contributed by atoms with Gasteiger partial charge in [-0.1, -0.05) is 22.0 Å². The third-order valence-electron chi connectivity index (χ3n) is 2.51. The van der Waals surface area contributed by atoms with E-state index in [-0.39, 0.29) is 5.75 Å².